The van der Waals surface area contributed by atoms with Crippen LogP contribution in [0, 0.1) is 0 Å². The molecule has 0 spiro atoms. The average molecular weight is 551 g/mol. The highest BCUT2D eigenvalue weighted by Gasteiger charge is 2.30. The van der Waals surface area contributed by atoms with Crippen molar-refractivity contribution in [2.75, 3.05) is 37.6 Å². The van der Waals surface area contributed by atoms with Gasteiger partial charge in [-0.15, -0.1) is 0 Å². The van der Waals surface area contributed by atoms with E-state index in [0.717, 1.165) is 25.8 Å². The number of hydrogen-bond acceptors (Lipinski definition) is 6. The Balaban J connectivity index is 1.48. The lowest BCUT2D eigenvalue weighted by Crippen LogP contribution is -2.51. The summed E-state index contributed by atoms with van der Waals surface area (Å²) in [5.74, 6) is 0.784. The number of H-pyrrole nitrogens is 1. The number of aromatic nitrogens is 4. The van der Waals surface area contributed by atoms with Gasteiger partial charge in [0.2, 0.25) is 5.91 Å². The molecule has 1 atom stereocenters. The number of carbonyl (C=O) groups excluding carboxylic acids is 1. The number of nitrogens with zero attached hydrogens (tertiary/aromatic N) is 5. The van der Waals surface area contributed by atoms with Crippen molar-refractivity contribution >= 4 is 54.6 Å². The first kappa shape index (κ1) is 22.2. The van der Waals surface area contributed by atoms with Crippen LogP contribution in [-0.2, 0) is 4.79 Å². The molecule has 31 heavy (non-hydrogen) atoms. The van der Waals surface area contributed by atoms with Crippen molar-refractivity contribution in [3.8, 4) is 0 Å². The number of amides is 1. The molecule has 1 amide bonds. The first-order chi connectivity index (χ1) is 14.9. The van der Waals surface area contributed by atoms with E-state index in [9.17, 15) is 4.79 Å². The van der Waals surface area contributed by atoms with Crippen molar-refractivity contribution in [1.82, 2.24) is 30.4 Å². The third-order valence-electron chi connectivity index (χ3n) is 5.48. The molecule has 1 unspecified atom stereocenters. The van der Waals surface area contributed by atoms with Crippen molar-refractivity contribution in [3.63, 3.8) is 0 Å². The number of nitrogens with one attached hydrogen (secondary N) is 2. The number of benzene rings is 1. The average Bonchev–Trinajstić information content (AvgIpc) is 3.16. The summed E-state index contributed by atoms with van der Waals surface area (Å²) in [5, 5.41) is 11.4. The fourth-order valence-corrected chi connectivity index (χ4v) is 4.51. The standard InChI is InChI=1S/C21H25Br2N7O/c1-13(2)24-11-16(14-3-5-15(22)6-4-14)21(31)30-9-7-29(8-10-30)20-17-18(23)27-28-19(17)25-12-26-20/h3-6,12-13,16,24H,7-11H2,1-2H3,(H,25,26,27,28). The second kappa shape index (κ2) is 9.62. The van der Waals surface area contributed by atoms with Crippen LogP contribution in [0.4, 0.5) is 5.82 Å². The molecule has 164 valence electrons. The molecule has 0 saturated carbocycles. The SMILES string of the molecule is CC(C)NCC(C(=O)N1CCN(c2ncnc3n[nH]c(Br)c23)CC1)c1ccc(Br)cc1. The fraction of sp³-hybridized carbons (Fsp3) is 0.429. The van der Waals surface area contributed by atoms with Crippen molar-refractivity contribution in [2.24, 2.45) is 0 Å². The summed E-state index contributed by atoms with van der Waals surface area (Å²) in [6.45, 7) is 7.52. The van der Waals surface area contributed by atoms with Gasteiger partial charge >= 0.3 is 0 Å². The molecule has 0 bridgehead atoms. The lowest BCUT2D eigenvalue weighted by Gasteiger charge is -2.37. The minimum absolute atomic E-state index is 0.160. The van der Waals surface area contributed by atoms with Crippen LogP contribution in [0.25, 0.3) is 11.0 Å². The summed E-state index contributed by atoms with van der Waals surface area (Å²) in [7, 11) is 0. The number of hydrogen-bond donors (Lipinski definition) is 2. The van der Waals surface area contributed by atoms with Gasteiger partial charge in [0.05, 0.1) is 11.3 Å². The van der Waals surface area contributed by atoms with Crippen LogP contribution < -0.4 is 10.2 Å². The lowest BCUT2D eigenvalue weighted by molar-refractivity contribution is -0.133. The van der Waals surface area contributed by atoms with Crippen LogP contribution in [0.5, 0.6) is 0 Å². The van der Waals surface area contributed by atoms with Gasteiger partial charge in [-0.05, 0) is 33.6 Å². The summed E-state index contributed by atoms with van der Waals surface area (Å²) in [6.07, 6.45) is 1.53. The van der Waals surface area contributed by atoms with Crippen LogP contribution in [0.15, 0.2) is 39.7 Å². The Labute approximate surface area is 198 Å². The Morgan fingerprint density at radius 3 is 2.52 bits per heavy atom. The molecule has 1 aliphatic heterocycles. The van der Waals surface area contributed by atoms with Crippen LogP contribution >= 0.6 is 31.9 Å². The number of carbonyl (C=O) groups is 1. The number of anilines is 1. The Kier molecular flexibility index (Phi) is 6.88. The monoisotopic (exact) mass is 549 g/mol. The van der Waals surface area contributed by atoms with Crippen LogP contribution in [-0.4, -0.2) is 69.7 Å². The van der Waals surface area contributed by atoms with E-state index in [1.165, 1.54) is 6.33 Å². The van der Waals surface area contributed by atoms with Crippen molar-refractivity contribution in [2.45, 2.75) is 25.8 Å². The maximum Gasteiger partial charge on any atom is 0.231 e. The summed E-state index contributed by atoms with van der Waals surface area (Å²) >= 11 is 6.98. The van der Waals surface area contributed by atoms with Gasteiger partial charge in [-0.25, -0.2) is 9.97 Å². The first-order valence-electron chi connectivity index (χ1n) is 10.3. The molecule has 8 nitrogen and oxygen atoms in total. The summed E-state index contributed by atoms with van der Waals surface area (Å²) in [4.78, 5) is 26.3. The fourth-order valence-electron chi connectivity index (χ4n) is 3.80. The number of rotatable bonds is 6. The summed E-state index contributed by atoms with van der Waals surface area (Å²) < 4.78 is 1.78. The van der Waals surface area contributed by atoms with Gasteiger partial charge in [0, 0.05) is 43.2 Å². The van der Waals surface area contributed by atoms with E-state index < -0.39 is 0 Å². The molecule has 3 aromatic rings. The maximum absolute atomic E-state index is 13.5. The zero-order valence-electron chi connectivity index (χ0n) is 17.5. The minimum atomic E-state index is -0.212. The smallest absolute Gasteiger partial charge is 0.231 e. The second-order valence-electron chi connectivity index (χ2n) is 7.91. The van der Waals surface area contributed by atoms with E-state index >= 15 is 0 Å². The van der Waals surface area contributed by atoms with Crippen molar-refractivity contribution in [3.05, 3.63) is 45.2 Å². The van der Waals surface area contributed by atoms with Crippen LogP contribution in [0.1, 0.15) is 25.3 Å². The van der Waals surface area contributed by atoms with E-state index in [4.69, 9.17) is 0 Å². The highest BCUT2D eigenvalue weighted by atomic mass is 79.9. The molecule has 1 aromatic carbocycles. The number of fused-ring (bicyclic) bond motifs is 1. The molecule has 2 aromatic heterocycles. The largest absolute Gasteiger partial charge is 0.352 e. The normalized spacial score (nSPS) is 15.6. The highest BCUT2D eigenvalue weighted by molar-refractivity contribution is 9.10. The van der Waals surface area contributed by atoms with Crippen molar-refractivity contribution < 1.29 is 4.79 Å². The minimum Gasteiger partial charge on any atom is -0.352 e. The van der Waals surface area contributed by atoms with Gasteiger partial charge in [0.15, 0.2) is 5.65 Å². The molecule has 1 saturated heterocycles. The van der Waals surface area contributed by atoms with E-state index in [-0.39, 0.29) is 11.8 Å². The molecule has 4 rings (SSSR count). The van der Waals surface area contributed by atoms with E-state index in [0.29, 0.717) is 44.4 Å². The quantitative estimate of drug-likeness (QED) is 0.489. The van der Waals surface area contributed by atoms with Gasteiger partial charge in [-0.2, -0.15) is 5.10 Å². The van der Waals surface area contributed by atoms with E-state index in [1.54, 1.807) is 0 Å². The second-order valence-corrected chi connectivity index (χ2v) is 9.62. The van der Waals surface area contributed by atoms with E-state index in [2.05, 4.69) is 76.1 Å². The van der Waals surface area contributed by atoms with Gasteiger partial charge < -0.3 is 15.1 Å². The predicted molar refractivity (Wildman–Crippen MR) is 128 cm³/mol. The lowest BCUT2D eigenvalue weighted by atomic mass is 9.96. The van der Waals surface area contributed by atoms with Crippen molar-refractivity contribution in [1.29, 1.82) is 0 Å². The molecule has 3 heterocycles. The third kappa shape index (κ3) is 4.91. The van der Waals surface area contributed by atoms with Gasteiger partial charge in [0.25, 0.3) is 0 Å². The number of piperazine rings is 1. The summed E-state index contributed by atoms with van der Waals surface area (Å²) in [5.41, 5.74) is 1.66. The highest BCUT2D eigenvalue weighted by Crippen LogP contribution is 2.29. The Bertz CT molecular complexity index is 1050. The van der Waals surface area contributed by atoms with Gasteiger partial charge in [0.1, 0.15) is 16.7 Å². The topological polar surface area (TPSA) is 90.0 Å². The Hall–Kier alpha value is -2.04. The molecule has 1 fully saturated rings. The maximum atomic E-state index is 13.5. The zero-order chi connectivity index (χ0) is 22.0. The first-order valence-corrected chi connectivity index (χ1v) is 11.9. The van der Waals surface area contributed by atoms with Gasteiger partial charge in [-0.3, -0.25) is 9.89 Å². The molecule has 0 aliphatic carbocycles. The molecular weight excluding hydrogens is 526 g/mol. The molecule has 2 N–H and O–H groups in total. The summed E-state index contributed by atoms with van der Waals surface area (Å²) in [6, 6.07) is 8.35. The molecular formula is C21H25Br2N7O. The van der Waals surface area contributed by atoms with Crippen LogP contribution in [0.3, 0.4) is 0 Å². The molecule has 0 radical (unpaired) electrons. The van der Waals surface area contributed by atoms with Crippen LogP contribution in [0.2, 0.25) is 0 Å². The van der Waals surface area contributed by atoms with Gasteiger partial charge in [-0.1, -0.05) is 41.9 Å². The zero-order valence-corrected chi connectivity index (χ0v) is 20.6. The van der Waals surface area contributed by atoms with E-state index in [1.807, 2.05) is 29.2 Å². The predicted octanol–water partition coefficient (Wildman–Crippen LogP) is 3.31. The Morgan fingerprint density at radius 1 is 1.13 bits per heavy atom. The molecule has 10 heteroatoms. The Morgan fingerprint density at radius 2 is 1.84 bits per heavy atom. The number of aromatic amines is 1. The molecule has 1 aliphatic rings. The third-order valence-corrected chi connectivity index (χ3v) is 6.58. The number of halogens is 2.